The van der Waals surface area contributed by atoms with E-state index in [2.05, 4.69) is 10.2 Å². The van der Waals surface area contributed by atoms with Gasteiger partial charge >= 0.3 is 0 Å². The summed E-state index contributed by atoms with van der Waals surface area (Å²) in [6, 6.07) is 6.06. The van der Waals surface area contributed by atoms with Gasteiger partial charge < -0.3 is 13.9 Å². The Morgan fingerprint density at radius 3 is 2.92 bits per heavy atom. The van der Waals surface area contributed by atoms with Crippen LogP contribution >= 0.6 is 0 Å². The van der Waals surface area contributed by atoms with Crippen LogP contribution in [0.2, 0.25) is 0 Å². The molecule has 3 heterocycles. The summed E-state index contributed by atoms with van der Waals surface area (Å²) in [6.07, 6.45) is 3.69. The van der Waals surface area contributed by atoms with Crippen LogP contribution in [0.5, 0.6) is 0 Å². The van der Waals surface area contributed by atoms with Gasteiger partial charge in [-0.15, -0.1) is 10.2 Å². The van der Waals surface area contributed by atoms with E-state index in [9.17, 15) is 4.79 Å². The molecular weight excluding hydrogens is 316 g/mol. The minimum Gasteiger partial charge on any atom is -0.451 e. The Morgan fingerprint density at radius 2 is 2.16 bits per heavy atom. The van der Waals surface area contributed by atoms with E-state index in [0.717, 1.165) is 47.3 Å². The topological polar surface area (TPSA) is 64.2 Å². The second kappa shape index (κ2) is 6.02. The first-order valence-corrected chi connectivity index (χ1v) is 8.67. The number of carbonyl (C=O) groups is 1. The zero-order chi connectivity index (χ0) is 17.6. The van der Waals surface area contributed by atoms with Crippen LogP contribution in [0.1, 0.15) is 46.3 Å². The number of hydrogen-bond acceptors (Lipinski definition) is 4. The average molecular weight is 338 g/mol. The first-order chi connectivity index (χ1) is 12.0. The van der Waals surface area contributed by atoms with Crippen molar-refractivity contribution in [1.29, 1.82) is 0 Å². The predicted octanol–water partition coefficient (Wildman–Crippen LogP) is 3.20. The van der Waals surface area contributed by atoms with Gasteiger partial charge in [-0.25, -0.2) is 0 Å². The normalized spacial score (nSPS) is 18.0. The fourth-order valence-electron chi connectivity index (χ4n) is 3.71. The quantitative estimate of drug-likeness (QED) is 0.720. The van der Waals surface area contributed by atoms with Gasteiger partial charge in [0.1, 0.15) is 17.7 Å². The zero-order valence-corrected chi connectivity index (χ0v) is 14.8. The number of nitrogens with zero attached hydrogens (tertiary/aromatic N) is 4. The van der Waals surface area contributed by atoms with Crippen molar-refractivity contribution >= 4 is 16.9 Å². The van der Waals surface area contributed by atoms with Crippen molar-refractivity contribution in [3.05, 3.63) is 47.2 Å². The number of carbonyl (C=O) groups excluding carboxylic acids is 1. The predicted molar refractivity (Wildman–Crippen MR) is 94.6 cm³/mol. The molecule has 0 unspecified atom stereocenters. The Morgan fingerprint density at radius 1 is 1.32 bits per heavy atom. The van der Waals surface area contributed by atoms with Crippen molar-refractivity contribution in [2.75, 3.05) is 13.1 Å². The van der Waals surface area contributed by atoms with Crippen LogP contribution in [0.25, 0.3) is 11.0 Å². The van der Waals surface area contributed by atoms with Crippen molar-refractivity contribution in [2.45, 2.75) is 32.6 Å². The van der Waals surface area contributed by atoms with Crippen molar-refractivity contribution in [1.82, 2.24) is 19.7 Å². The average Bonchev–Trinajstić information content (AvgIpc) is 3.18. The van der Waals surface area contributed by atoms with E-state index in [1.807, 2.05) is 48.6 Å². The Balaban J connectivity index is 1.62. The summed E-state index contributed by atoms with van der Waals surface area (Å²) in [5, 5.41) is 9.20. The number of fused-ring (bicyclic) bond motifs is 1. The molecule has 0 saturated carbocycles. The number of aromatic nitrogens is 3. The molecular formula is C19H22N4O2. The highest BCUT2D eigenvalue weighted by Crippen LogP contribution is 2.30. The lowest BCUT2D eigenvalue weighted by Gasteiger charge is -2.31. The maximum atomic E-state index is 13.1. The third-order valence-corrected chi connectivity index (χ3v) is 5.11. The molecule has 0 bridgehead atoms. The van der Waals surface area contributed by atoms with Crippen molar-refractivity contribution < 1.29 is 9.21 Å². The fourth-order valence-corrected chi connectivity index (χ4v) is 3.71. The highest BCUT2D eigenvalue weighted by Gasteiger charge is 2.30. The van der Waals surface area contributed by atoms with Gasteiger partial charge in [-0.05, 0) is 38.3 Å². The standard InChI is InChI=1S/C19H22N4O2/c1-12-6-7-15-13(2)17(25-16(15)9-12)19(24)23-8-4-5-14(10-23)18-21-20-11-22(18)3/h6-7,9,11,14H,4-5,8,10H2,1-3H3/t14-/m1/s1. The number of furan rings is 1. The van der Waals surface area contributed by atoms with Crippen molar-refractivity contribution in [2.24, 2.45) is 7.05 Å². The van der Waals surface area contributed by atoms with Crippen LogP contribution in [0, 0.1) is 13.8 Å². The summed E-state index contributed by atoms with van der Waals surface area (Å²) >= 11 is 0. The highest BCUT2D eigenvalue weighted by atomic mass is 16.3. The maximum absolute atomic E-state index is 13.1. The Hall–Kier alpha value is -2.63. The maximum Gasteiger partial charge on any atom is 0.289 e. The second-order valence-electron chi connectivity index (χ2n) is 6.95. The molecule has 1 atom stereocenters. The number of aryl methyl sites for hydroxylation is 3. The van der Waals surface area contributed by atoms with E-state index >= 15 is 0 Å². The number of hydrogen-bond donors (Lipinski definition) is 0. The number of benzene rings is 1. The Labute approximate surface area is 146 Å². The third kappa shape index (κ3) is 2.71. The van der Waals surface area contributed by atoms with Crippen LogP contribution in [0.15, 0.2) is 28.9 Å². The molecule has 1 amide bonds. The molecule has 1 aliphatic rings. The van der Waals surface area contributed by atoms with Gasteiger partial charge in [0, 0.05) is 37.0 Å². The lowest BCUT2D eigenvalue weighted by atomic mass is 9.96. The third-order valence-electron chi connectivity index (χ3n) is 5.11. The monoisotopic (exact) mass is 338 g/mol. The highest BCUT2D eigenvalue weighted by molar-refractivity contribution is 5.99. The number of rotatable bonds is 2. The molecule has 1 aliphatic heterocycles. The molecule has 6 nitrogen and oxygen atoms in total. The summed E-state index contributed by atoms with van der Waals surface area (Å²) in [7, 11) is 1.95. The Kier molecular flexibility index (Phi) is 3.82. The van der Waals surface area contributed by atoms with Crippen LogP contribution in [0.4, 0.5) is 0 Å². The van der Waals surface area contributed by atoms with E-state index in [1.165, 1.54) is 0 Å². The van der Waals surface area contributed by atoms with E-state index in [-0.39, 0.29) is 11.8 Å². The van der Waals surface area contributed by atoms with E-state index < -0.39 is 0 Å². The van der Waals surface area contributed by atoms with Gasteiger partial charge in [-0.3, -0.25) is 4.79 Å². The second-order valence-corrected chi connectivity index (χ2v) is 6.95. The molecule has 0 N–H and O–H groups in total. The first kappa shape index (κ1) is 15.9. The minimum atomic E-state index is -0.0294. The molecule has 2 aromatic heterocycles. The largest absolute Gasteiger partial charge is 0.451 e. The van der Waals surface area contributed by atoms with Gasteiger partial charge in [0.15, 0.2) is 5.76 Å². The van der Waals surface area contributed by atoms with Crippen LogP contribution < -0.4 is 0 Å². The summed E-state index contributed by atoms with van der Waals surface area (Å²) in [6.45, 7) is 5.39. The molecule has 25 heavy (non-hydrogen) atoms. The number of piperidine rings is 1. The van der Waals surface area contributed by atoms with E-state index in [0.29, 0.717) is 12.3 Å². The van der Waals surface area contributed by atoms with Crippen LogP contribution in [-0.4, -0.2) is 38.7 Å². The summed E-state index contributed by atoms with van der Waals surface area (Å²) < 4.78 is 7.86. The van der Waals surface area contributed by atoms with Crippen molar-refractivity contribution in [3.63, 3.8) is 0 Å². The van der Waals surface area contributed by atoms with E-state index in [1.54, 1.807) is 6.33 Å². The smallest absolute Gasteiger partial charge is 0.289 e. The molecule has 0 aliphatic carbocycles. The van der Waals surface area contributed by atoms with Crippen LogP contribution in [-0.2, 0) is 7.05 Å². The fraction of sp³-hybridized carbons (Fsp3) is 0.421. The summed E-state index contributed by atoms with van der Waals surface area (Å²) in [4.78, 5) is 15.0. The minimum absolute atomic E-state index is 0.0294. The SMILES string of the molecule is Cc1ccc2c(C)c(C(=O)N3CCC[C@@H](c4nncn4C)C3)oc2c1. The van der Waals surface area contributed by atoms with Crippen molar-refractivity contribution in [3.8, 4) is 0 Å². The van der Waals surface area contributed by atoms with E-state index in [4.69, 9.17) is 4.42 Å². The molecule has 0 spiro atoms. The molecule has 0 radical (unpaired) electrons. The van der Waals surface area contributed by atoms with Gasteiger partial charge in [0.05, 0.1) is 0 Å². The number of amides is 1. The lowest BCUT2D eigenvalue weighted by Crippen LogP contribution is -2.39. The van der Waals surface area contributed by atoms with Crippen LogP contribution in [0.3, 0.4) is 0 Å². The molecule has 6 heteroatoms. The molecule has 3 aromatic rings. The summed E-state index contributed by atoms with van der Waals surface area (Å²) in [5.74, 6) is 1.59. The zero-order valence-electron chi connectivity index (χ0n) is 14.8. The number of likely N-dealkylation sites (tertiary alicyclic amines) is 1. The Bertz CT molecular complexity index is 940. The van der Waals surface area contributed by atoms with Gasteiger partial charge in [0.2, 0.25) is 0 Å². The molecule has 1 aromatic carbocycles. The van der Waals surface area contributed by atoms with Gasteiger partial charge in [0.25, 0.3) is 5.91 Å². The lowest BCUT2D eigenvalue weighted by molar-refractivity contribution is 0.0672. The van der Waals surface area contributed by atoms with Gasteiger partial charge in [-0.1, -0.05) is 12.1 Å². The molecule has 1 saturated heterocycles. The summed E-state index contributed by atoms with van der Waals surface area (Å²) in [5.41, 5.74) is 2.82. The van der Waals surface area contributed by atoms with Gasteiger partial charge in [-0.2, -0.15) is 0 Å². The molecule has 1 fully saturated rings. The molecule has 4 rings (SSSR count). The molecule has 130 valence electrons. The first-order valence-electron chi connectivity index (χ1n) is 8.67.